The highest BCUT2D eigenvalue weighted by molar-refractivity contribution is 5.70. The maximum Gasteiger partial charge on any atom is 0.339 e. The number of hydroxylamine groups is 2. The third kappa shape index (κ3) is 1.97. The van der Waals surface area contributed by atoms with Crippen LogP contribution in [0.2, 0.25) is 0 Å². The molecule has 6 nitrogen and oxygen atoms in total. The number of hydrogen-bond acceptors (Lipinski definition) is 4. The van der Waals surface area contributed by atoms with Crippen LogP contribution in [0, 0.1) is 6.92 Å². The average molecular weight is 185 g/mol. The summed E-state index contributed by atoms with van der Waals surface area (Å²) >= 11 is 0. The van der Waals surface area contributed by atoms with Crippen LogP contribution in [0.15, 0.2) is 10.6 Å². The van der Waals surface area contributed by atoms with Gasteiger partial charge in [-0.3, -0.25) is 5.21 Å². The van der Waals surface area contributed by atoms with Gasteiger partial charge in [-0.15, -0.1) is 0 Å². The van der Waals surface area contributed by atoms with Crippen molar-refractivity contribution in [1.82, 2.24) is 10.2 Å². The van der Waals surface area contributed by atoms with E-state index in [9.17, 15) is 4.79 Å². The molecule has 72 valence electrons. The van der Waals surface area contributed by atoms with Gasteiger partial charge in [0.05, 0.1) is 5.69 Å². The van der Waals surface area contributed by atoms with Crippen molar-refractivity contribution in [1.29, 1.82) is 0 Å². The van der Waals surface area contributed by atoms with E-state index in [4.69, 9.17) is 15.5 Å². The van der Waals surface area contributed by atoms with Crippen LogP contribution < -0.4 is 5.73 Å². The lowest BCUT2D eigenvalue weighted by molar-refractivity contribution is -0.0772. The number of rotatable bonds is 2. The molecule has 2 amide bonds. The molecule has 0 radical (unpaired) electrons. The maximum absolute atomic E-state index is 10.6. The first-order valence-electron chi connectivity index (χ1n) is 3.73. The van der Waals surface area contributed by atoms with Crippen molar-refractivity contribution in [2.75, 3.05) is 0 Å². The van der Waals surface area contributed by atoms with Gasteiger partial charge in [-0.1, -0.05) is 5.16 Å². The summed E-state index contributed by atoms with van der Waals surface area (Å²) in [5, 5.41) is 13.1. The molecule has 0 bridgehead atoms. The molecule has 0 saturated heterocycles. The van der Waals surface area contributed by atoms with E-state index < -0.39 is 12.1 Å². The third-order valence-corrected chi connectivity index (χ3v) is 1.65. The SMILES string of the molecule is Cc1cc(C(C)N(O)C(N)=O)on1. The molecular formula is C7H11N3O3. The number of primary amides is 1. The number of nitrogens with two attached hydrogens (primary N) is 1. The van der Waals surface area contributed by atoms with E-state index in [0.717, 1.165) is 0 Å². The summed E-state index contributed by atoms with van der Waals surface area (Å²) < 4.78 is 4.84. The molecular weight excluding hydrogens is 174 g/mol. The molecule has 1 aromatic heterocycles. The minimum atomic E-state index is -0.929. The van der Waals surface area contributed by atoms with Crippen LogP contribution in [0.3, 0.4) is 0 Å². The summed E-state index contributed by atoms with van der Waals surface area (Å²) in [5.41, 5.74) is 5.54. The van der Waals surface area contributed by atoms with Crippen molar-refractivity contribution in [2.24, 2.45) is 5.73 Å². The van der Waals surface area contributed by atoms with Gasteiger partial charge in [0.2, 0.25) is 0 Å². The van der Waals surface area contributed by atoms with E-state index in [0.29, 0.717) is 16.5 Å². The van der Waals surface area contributed by atoms with Gasteiger partial charge in [-0.25, -0.2) is 4.79 Å². The highest BCUT2D eigenvalue weighted by atomic mass is 16.5. The van der Waals surface area contributed by atoms with Crippen molar-refractivity contribution in [3.63, 3.8) is 0 Å². The maximum atomic E-state index is 10.6. The van der Waals surface area contributed by atoms with E-state index in [-0.39, 0.29) is 0 Å². The molecule has 1 rings (SSSR count). The summed E-state index contributed by atoms with van der Waals surface area (Å²) in [7, 11) is 0. The van der Waals surface area contributed by atoms with Gasteiger partial charge in [0.25, 0.3) is 0 Å². The Balaban J connectivity index is 2.78. The standard InChI is InChI=1S/C7H11N3O3/c1-4-3-6(13-9-4)5(2)10(12)7(8)11/h3,5,12H,1-2H3,(H2,8,11). The molecule has 1 atom stereocenters. The number of amides is 2. The summed E-state index contributed by atoms with van der Waals surface area (Å²) in [6.45, 7) is 3.32. The van der Waals surface area contributed by atoms with Crippen molar-refractivity contribution in [3.8, 4) is 0 Å². The fourth-order valence-electron chi connectivity index (χ4n) is 0.892. The zero-order valence-corrected chi connectivity index (χ0v) is 7.39. The second kappa shape index (κ2) is 3.44. The monoisotopic (exact) mass is 185 g/mol. The molecule has 0 aliphatic rings. The minimum absolute atomic E-state index is 0.388. The molecule has 0 fully saturated rings. The fraction of sp³-hybridized carbons (Fsp3) is 0.429. The molecule has 1 heterocycles. The van der Waals surface area contributed by atoms with E-state index >= 15 is 0 Å². The molecule has 0 aromatic carbocycles. The topological polar surface area (TPSA) is 92.6 Å². The minimum Gasteiger partial charge on any atom is -0.359 e. The van der Waals surface area contributed by atoms with Gasteiger partial charge in [0.15, 0.2) is 5.76 Å². The van der Waals surface area contributed by atoms with Crippen molar-refractivity contribution >= 4 is 6.03 Å². The predicted octanol–water partition coefficient (Wildman–Crippen LogP) is 0.814. The summed E-state index contributed by atoms with van der Waals surface area (Å²) in [6, 6.07) is 0.0665. The molecule has 0 aliphatic carbocycles. The lowest BCUT2D eigenvalue weighted by atomic mass is 10.2. The van der Waals surface area contributed by atoms with Gasteiger partial charge in [-0.05, 0) is 13.8 Å². The number of nitrogens with zero attached hydrogens (tertiary/aromatic N) is 2. The Labute approximate surface area is 74.9 Å². The highest BCUT2D eigenvalue weighted by Crippen LogP contribution is 2.18. The fourth-order valence-corrected chi connectivity index (χ4v) is 0.892. The summed E-state index contributed by atoms with van der Waals surface area (Å²) in [4.78, 5) is 10.6. The number of aryl methyl sites for hydroxylation is 1. The van der Waals surface area contributed by atoms with Crippen LogP contribution in [-0.4, -0.2) is 21.5 Å². The molecule has 1 aromatic rings. The lowest BCUT2D eigenvalue weighted by Crippen LogP contribution is -2.34. The largest absolute Gasteiger partial charge is 0.359 e. The number of aromatic nitrogens is 1. The number of carbonyl (C=O) groups is 1. The first kappa shape index (κ1) is 9.53. The van der Waals surface area contributed by atoms with E-state index in [2.05, 4.69) is 5.16 Å². The van der Waals surface area contributed by atoms with Crippen LogP contribution >= 0.6 is 0 Å². The Morgan fingerprint density at radius 3 is 2.85 bits per heavy atom. The van der Waals surface area contributed by atoms with Crippen molar-refractivity contribution in [3.05, 3.63) is 17.5 Å². The normalized spacial score (nSPS) is 12.5. The Morgan fingerprint density at radius 1 is 1.85 bits per heavy atom. The van der Waals surface area contributed by atoms with Gasteiger partial charge in [0, 0.05) is 6.07 Å². The van der Waals surface area contributed by atoms with Gasteiger partial charge in [0.1, 0.15) is 6.04 Å². The smallest absolute Gasteiger partial charge is 0.339 e. The van der Waals surface area contributed by atoms with E-state index in [1.807, 2.05) is 0 Å². The number of hydrogen-bond donors (Lipinski definition) is 2. The van der Waals surface area contributed by atoms with Crippen LogP contribution in [0.1, 0.15) is 24.4 Å². The Morgan fingerprint density at radius 2 is 2.46 bits per heavy atom. The molecule has 0 spiro atoms. The molecule has 6 heteroatoms. The first-order chi connectivity index (χ1) is 6.02. The van der Waals surface area contributed by atoms with Crippen LogP contribution in [0.4, 0.5) is 4.79 Å². The second-order valence-corrected chi connectivity index (χ2v) is 2.73. The van der Waals surface area contributed by atoms with Crippen molar-refractivity contribution < 1.29 is 14.5 Å². The Hall–Kier alpha value is -1.56. The van der Waals surface area contributed by atoms with E-state index in [1.165, 1.54) is 0 Å². The van der Waals surface area contributed by atoms with E-state index in [1.54, 1.807) is 19.9 Å². The second-order valence-electron chi connectivity index (χ2n) is 2.73. The summed E-state index contributed by atoms with van der Waals surface area (Å²) in [5.74, 6) is 0.388. The van der Waals surface area contributed by atoms with Gasteiger partial charge >= 0.3 is 6.03 Å². The number of urea groups is 1. The third-order valence-electron chi connectivity index (χ3n) is 1.65. The molecule has 1 unspecified atom stereocenters. The highest BCUT2D eigenvalue weighted by Gasteiger charge is 2.20. The average Bonchev–Trinajstić information content (AvgIpc) is 2.49. The van der Waals surface area contributed by atoms with Crippen molar-refractivity contribution in [2.45, 2.75) is 19.9 Å². The van der Waals surface area contributed by atoms with Gasteiger partial charge in [-0.2, -0.15) is 5.06 Å². The molecule has 0 saturated carbocycles. The number of carbonyl (C=O) groups excluding carboxylic acids is 1. The molecule has 0 aliphatic heterocycles. The first-order valence-corrected chi connectivity index (χ1v) is 3.73. The van der Waals surface area contributed by atoms with Crippen LogP contribution in [0.25, 0.3) is 0 Å². The zero-order valence-electron chi connectivity index (χ0n) is 7.39. The van der Waals surface area contributed by atoms with Crippen LogP contribution in [-0.2, 0) is 0 Å². The summed E-state index contributed by atoms with van der Waals surface area (Å²) in [6.07, 6.45) is 0. The van der Waals surface area contributed by atoms with Crippen LogP contribution in [0.5, 0.6) is 0 Å². The predicted molar refractivity (Wildman–Crippen MR) is 42.9 cm³/mol. The Bertz CT molecular complexity index is 310. The molecule has 13 heavy (non-hydrogen) atoms. The molecule has 3 N–H and O–H groups in total. The van der Waals surface area contributed by atoms with Gasteiger partial charge < -0.3 is 10.3 Å². The Kier molecular flexibility index (Phi) is 2.52. The zero-order chi connectivity index (χ0) is 10.0. The quantitative estimate of drug-likeness (QED) is 0.526. The lowest BCUT2D eigenvalue weighted by Gasteiger charge is -2.17.